The molecule has 0 unspecified atom stereocenters. The molecular weight excluding hydrogens is 547 g/mol. The molecule has 0 aliphatic rings. The summed E-state index contributed by atoms with van der Waals surface area (Å²) in [5, 5.41) is 2.16. The van der Waals surface area contributed by atoms with Crippen LogP contribution in [-0.4, -0.2) is 56.6 Å². The summed E-state index contributed by atoms with van der Waals surface area (Å²) >= 11 is 5.68. The Kier molecular flexibility index (Phi) is 9.71. The van der Waals surface area contributed by atoms with Gasteiger partial charge in [0.05, 0.1) is 29.6 Å². The third-order valence-electron chi connectivity index (χ3n) is 5.38. The SMILES string of the molecule is COc1cccc(CN(C(=O)CN(c2ccc(Cl)c(C(F)(F)F)c2)S(C)(=O)=O)[C@H](C)C(=O)NC(C)(C)C)c1. The van der Waals surface area contributed by atoms with E-state index in [0.717, 1.165) is 23.3 Å². The highest BCUT2D eigenvalue weighted by Crippen LogP contribution is 2.37. The Bertz CT molecular complexity index is 1280. The fraction of sp³-hybridized carbons (Fsp3) is 0.440. The summed E-state index contributed by atoms with van der Waals surface area (Å²) in [5.74, 6) is -0.802. The van der Waals surface area contributed by atoms with Crippen LogP contribution in [-0.2, 0) is 32.3 Å². The Morgan fingerprint density at radius 2 is 1.74 bits per heavy atom. The molecule has 0 aliphatic heterocycles. The number of amides is 2. The number of rotatable bonds is 9. The van der Waals surface area contributed by atoms with Gasteiger partial charge in [-0.25, -0.2) is 8.42 Å². The van der Waals surface area contributed by atoms with E-state index in [0.29, 0.717) is 21.7 Å². The number of halogens is 4. The lowest BCUT2D eigenvalue weighted by atomic mass is 10.1. The lowest BCUT2D eigenvalue weighted by molar-refractivity contribution is -0.140. The Morgan fingerprint density at radius 3 is 2.26 bits per heavy atom. The van der Waals surface area contributed by atoms with E-state index in [1.807, 2.05) is 0 Å². The molecule has 0 aliphatic carbocycles. The maximum absolute atomic E-state index is 13.6. The number of carbonyl (C=O) groups excluding carboxylic acids is 2. The summed E-state index contributed by atoms with van der Waals surface area (Å²) in [6.07, 6.45) is -4.08. The summed E-state index contributed by atoms with van der Waals surface area (Å²) in [4.78, 5) is 27.7. The van der Waals surface area contributed by atoms with E-state index in [2.05, 4.69) is 5.32 Å². The van der Waals surface area contributed by atoms with Gasteiger partial charge < -0.3 is 15.0 Å². The number of methoxy groups -OCH3 is 1. The average Bonchev–Trinajstić information content (AvgIpc) is 2.78. The average molecular weight is 578 g/mol. The predicted octanol–water partition coefficient (Wildman–Crippen LogP) is 4.47. The van der Waals surface area contributed by atoms with Crippen LogP contribution >= 0.6 is 11.6 Å². The van der Waals surface area contributed by atoms with E-state index in [1.54, 1.807) is 45.0 Å². The van der Waals surface area contributed by atoms with Crippen molar-refractivity contribution in [2.45, 2.75) is 52.0 Å². The second kappa shape index (κ2) is 11.8. The number of nitrogens with one attached hydrogen (secondary N) is 1. The molecule has 0 saturated carbocycles. The molecule has 2 aromatic rings. The smallest absolute Gasteiger partial charge is 0.417 e. The maximum atomic E-state index is 13.6. The number of sulfonamides is 1. The summed E-state index contributed by atoms with van der Waals surface area (Å²) in [5.41, 5.74) is -1.67. The zero-order valence-corrected chi connectivity index (χ0v) is 23.5. The number of hydrogen-bond donors (Lipinski definition) is 1. The fourth-order valence-corrected chi connectivity index (χ4v) is 4.59. The largest absolute Gasteiger partial charge is 0.497 e. The molecule has 0 radical (unpaired) electrons. The van der Waals surface area contributed by atoms with Gasteiger partial charge in [0, 0.05) is 12.1 Å². The van der Waals surface area contributed by atoms with Crippen molar-refractivity contribution in [3.05, 3.63) is 58.6 Å². The Labute approximate surface area is 225 Å². The van der Waals surface area contributed by atoms with Crippen molar-refractivity contribution in [3.63, 3.8) is 0 Å². The van der Waals surface area contributed by atoms with Crippen molar-refractivity contribution in [1.29, 1.82) is 0 Å². The number of anilines is 1. The number of alkyl halides is 3. The Morgan fingerprint density at radius 1 is 1.11 bits per heavy atom. The molecule has 8 nitrogen and oxygen atoms in total. The topological polar surface area (TPSA) is 96.0 Å². The molecule has 0 fully saturated rings. The summed E-state index contributed by atoms with van der Waals surface area (Å²) in [6, 6.07) is 8.23. The van der Waals surface area contributed by atoms with Gasteiger partial charge in [-0.15, -0.1) is 0 Å². The quantitative estimate of drug-likeness (QED) is 0.475. The van der Waals surface area contributed by atoms with Gasteiger partial charge in [0.1, 0.15) is 18.3 Å². The molecule has 2 amide bonds. The zero-order valence-electron chi connectivity index (χ0n) is 21.9. The van der Waals surface area contributed by atoms with E-state index in [4.69, 9.17) is 16.3 Å². The number of hydrogen-bond acceptors (Lipinski definition) is 5. The van der Waals surface area contributed by atoms with Crippen molar-refractivity contribution in [2.75, 3.05) is 24.2 Å². The van der Waals surface area contributed by atoms with E-state index >= 15 is 0 Å². The molecule has 1 atom stereocenters. The van der Waals surface area contributed by atoms with Crippen LogP contribution < -0.4 is 14.4 Å². The van der Waals surface area contributed by atoms with Crippen LogP contribution in [0.3, 0.4) is 0 Å². The van der Waals surface area contributed by atoms with Gasteiger partial charge in [-0.1, -0.05) is 23.7 Å². The monoisotopic (exact) mass is 577 g/mol. The molecule has 0 bridgehead atoms. The first-order valence-corrected chi connectivity index (χ1v) is 13.6. The fourth-order valence-electron chi connectivity index (χ4n) is 3.52. The van der Waals surface area contributed by atoms with Crippen LogP contribution in [0.15, 0.2) is 42.5 Å². The molecular formula is C25H31ClF3N3O5S. The van der Waals surface area contributed by atoms with E-state index in [9.17, 15) is 31.2 Å². The summed E-state index contributed by atoms with van der Waals surface area (Å²) in [6.45, 7) is 5.81. The maximum Gasteiger partial charge on any atom is 0.417 e. The minimum atomic E-state index is -4.85. The van der Waals surface area contributed by atoms with Gasteiger partial charge in [-0.05, 0) is 63.6 Å². The van der Waals surface area contributed by atoms with E-state index in [-0.39, 0.29) is 6.54 Å². The molecule has 2 aromatic carbocycles. The molecule has 0 heterocycles. The third-order valence-corrected chi connectivity index (χ3v) is 6.85. The molecule has 0 spiro atoms. The second-order valence-electron chi connectivity index (χ2n) is 9.72. The number of ether oxygens (including phenoxy) is 1. The molecule has 13 heteroatoms. The van der Waals surface area contributed by atoms with Crippen LogP contribution in [0.1, 0.15) is 38.8 Å². The predicted molar refractivity (Wildman–Crippen MR) is 140 cm³/mol. The highest BCUT2D eigenvalue weighted by molar-refractivity contribution is 7.92. The minimum Gasteiger partial charge on any atom is -0.497 e. The van der Waals surface area contributed by atoms with Crippen molar-refractivity contribution >= 4 is 39.1 Å². The molecule has 0 aromatic heterocycles. The molecule has 210 valence electrons. The third kappa shape index (κ3) is 8.52. The summed E-state index contributed by atoms with van der Waals surface area (Å²) in [7, 11) is -2.76. The van der Waals surface area contributed by atoms with Gasteiger partial charge in [0.15, 0.2) is 0 Å². The molecule has 2 rings (SSSR count). The van der Waals surface area contributed by atoms with Crippen LogP contribution in [0.5, 0.6) is 5.75 Å². The van der Waals surface area contributed by atoms with Crippen molar-refractivity contribution in [2.24, 2.45) is 0 Å². The van der Waals surface area contributed by atoms with Gasteiger partial charge in [0.2, 0.25) is 21.8 Å². The van der Waals surface area contributed by atoms with Crippen LogP contribution in [0.4, 0.5) is 18.9 Å². The highest BCUT2D eigenvalue weighted by atomic mass is 35.5. The van der Waals surface area contributed by atoms with Crippen molar-refractivity contribution < 1.29 is 35.9 Å². The Hall–Kier alpha value is -2.99. The van der Waals surface area contributed by atoms with Crippen LogP contribution in [0, 0.1) is 0 Å². The first-order chi connectivity index (χ1) is 17.3. The van der Waals surface area contributed by atoms with Crippen LogP contribution in [0.2, 0.25) is 5.02 Å². The molecule has 0 saturated heterocycles. The standard InChI is InChI=1S/C25H31ClF3N3O5S/c1-16(23(34)30-24(2,3)4)31(14-17-8-7-9-19(12-17)37-5)22(33)15-32(38(6,35)36)18-10-11-21(26)20(13-18)25(27,28)29/h7-13,16H,14-15H2,1-6H3,(H,30,34)/t16-/m1/s1. The lowest BCUT2D eigenvalue weighted by Gasteiger charge is -2.33. The minimum absolute atomic E-state index is 0.0964. The number of benzene rings is 2. The number of carbonyl (C=O) groups is 2. The summed E-state index contributed by atoms with van der Waals surface area (Å²) < 4.78 is 71.3. The van der Waals surface area contributed by atoms with Crippen molar-refractivity contribution in [3.8, 4) is 5.75 Å². The van der Waals surface area contributed by atoms with Gasteiger partial charge in [-0.3, -0.25) is 13.9 Å². The zero-order chi connectivity index (χ0) is 29.1. The highest BCUT2D eigenvalue weighted by Gasteiger charge is 2.36. The van der Waals surface area contributed by atoms with Gasteiger partial charge >= 0.3 is 6.18 Å². The normalized spacial score (nSPS) is 13.0. The van der Waals surface area contributed by atoms with Crippen molar-refractivity contribution in [1.82, 2.24) is 10.2 Å². The van der Waals surface area contributed by atoms with Gasteiger partial charge in [-0.2, -0.15) is 13.2 Å². The first kappa shape index (κ1) is 31.2. The number of nitrogens with zero attached hydrogens (tertiary/aromatic N) is 2. The second-order valence-corrected chi connectivity index (χ2v) is 12.0. The first-order valence-electron chi connectivity index (χ1n) is 11.4. The van der Waals surface area contributed by atoms with Crippen LogP contribution in [0.25, 0.3) is 0 Å². The van der Waals surface area contributed by atoms with Gasteiger partial charge in [0.25, 0.3) is 0 Å². The van der Waals surface area contributed by atoms with E-state index < -0.39 is 62.4 Å². The molecule has 38 heavy (non-hydrogen) atoms. The molecule has 1 N–H and O–H groups in total. The van der Waals surface area contributed by atoms with E-state index in [1.165, 1.54) is 14.0 Å². The Balaban J connectivity index is 2.51. The lowest BCUT2D eigenvalue weighted by Crippen LogP contribution is -2.54.